The minimum Gasteiger partial charge on any atom is -0.477 e. The molecule has 1 saturated heterocycles. The fourth-order valence-electron chi connectivity index (χ4n) is 1.74. The van der Waals surface area contributed by atoms with Crippen LogP contribution in [0.3, 0.4) is 0 Å². The lowest BCUT2D eigenvalue weighted by Crippen LogP contribution is -2.59. The summed E-state index contributed by atoms with van der Waals surface area (Å²) >= 11 is 0. The Bertz CT molecular complexity index is 585. The van der Waals surface area contributed by atoms with E-state index in [0.717, 1.165) is 6.07 Å². The molecule has 0 bridgehead atoms. The Morgan fingerprint density at radius 2 is 2.17 bits per heavy atom. The Hall–Kier alpha value is -1.38. The largest absolute Gasteiger partial charge is 0.477 e. The second-order valence-corrected chi connectivity index (χ2v) is 6.32. The fraction of sp³-hybridized carbons (Fsp3) is 0.500. The first-order valence-corrected chi connectivity index (χ1v) is 6.73. The highest BCUT2D eigenvalue weighted by molar-refractivity contribution is 7.89. The lowest BCUT2D eigenvalue weighted by molar-refractivity contribution is -0.0523. The number of carboxylic acid groups (broad SMARTS) is 1. The number of rotatable bonds is 4. The van der Waals surface area contributed by atoms with Gasteiger partial charge in [-0.1, -0.05) is 0 Å². The molecule has 2 heterocycles. The number of aromatic carboxylic acids is 1. The number of carbonyl (C=O) groups is 1. The normalized spacial score (nSPS) is 18.3. The molecule has 7 nitrogen and oxygen atoms in total. The summed E-state index contributed by atoms with van der Waals surface area (Å²) in [5, 5.41) is 8.88. The minimum absolute atomic E-state index is 0.0597. The zero-order chi connectivity index (χ0) is 13.6. The fourth-order valence-corrected chi connectivity index (χ4v) is 3.19. The standard InChI is InChI=1S/C10H14N2O5S/c1-10(5-17-6-10)11-18(15,16)7-3-8(9(13)14)12(2)4-7/h3-4,11H,5-6H2,1-2H3,(H,13,14). The van der Waals surface area contributed by atoms with Gasteiger partial charge in [-0.15, -0.1) is 0 Å². The molecular formula is C10H14N2O5S. The van der Waals surface area contributed by atoms with Crippen LogP contribution in [0.2, 0.25) is 0 Å². The van der Waals surface area contributed by atoms with Crippen LogP contribution in [-0.2, 0) is 21.8 Å². The SMILES string of the molecule is Cn1cc(S(=O)(=O)NC2(C)COC2)cc1C(=O)O. The average molecular weight is 274 g/mol. The van der Waals surface area contributed by atoms with Crippen LogP contribution in [0.15, 0.2) is 17.2 Å². The quantitative estimate of drug-likeness (QED) is 0.791. The molecule has 1 aliphatic rings. The summed E-state index contributed by atoms with van der Waals surface area (Å²) in [4.78, 5) is 10.8. The van der Waals surface area contributed by atoms with Crippen LogP contribution < -0.4 is 4.72 Å². The van der Waals surface area contributed by atoms with E-state index >= 15 is 0 Å². The van der Waals surface area contributed by atoms with E-state index in [9.17, 15) is 13.2 Å². The molecular weight excluding hydrogens is 260 g/mol. The lowest BCUT2D eigenvalue weighted by Gasteiger charge is -2.38. The number of hydrogen-bond acceptors (Lipinski definition) is 4. The van der Waals surface area contributed by atoms with Gasteiger partial charge >= 0.3 is 5.97 Å². The summed E-state index contributed by atoms with van der Waals surface area (Å²) in [6, 6.07) is 1.13. The van der Waals surface area contributed by atoms with E-state index in [1.54, 1.807) is 6.92 Å². The number of aryl methyl sites for hydroxylation is 1. The second-order valence-electron chi connectivity index (χ2n) is 4.64. The maximum absolute atomic E-state index is 12.1. The molecule has 0 aromatic carbocycles. The van der Waals surface area contributed by atoms with Crippen LogP contribution in [0.5, 0.6) is 0 Å². The topological polar surface area (TPSA) is 97.6 Å². The predicted octanol–water partition coefficient (Wildman–Crippen LogP) is -0.210. The number of nitrogens with zero attached hydrogens (tertiary/aromatic N) is 1. The Balaban J connectivity index is 2.30. The van der Waals surface area contributed by atoms with Gasteiger partial charge in [-0.2, -0.15) is 0 Å². The van der Waals surface area contributed by atoms with Gasteiger partial charge in [0.25, 0.3) is 0 Å². The summed E-state index contributed by atoms with van der Waals surface area (Å²) in [7, 11) is -2.25. The van der Waals surface area contributed by atoms with Gasteiger partial charge in [0.2, 0.25) is 10.0 Å². The van der Waals surface area contributed by atoms with Crippen molar-refractivity contribution in [2.75, 3.05) is 13.2 Å². The first-order valence-electron chi connectivity index (χ1n) is 5.25. The zero-order valence-corrected chi connectivity index (χ0v) is 10.8. The van der Waals surface area contributed by atoms with Gasteiger partial charge in [0.05, 0.1) is 18.8 Å². The highest BCUT2D eigenvalue weighted by atomic mass is 32.2. The maximum atomic E-state index is 12.1. The van der Waals surface area contributed by atoms with Crippen LogP contribution in [0.4, 0.5) is 0 Å². The van der Waals surface area contributed by atoms with E-state index in [1.807, 2.05) is 0 Å². The molecule has 18 heavy (non-hydrogen) atoms. The van der Waals surface area contributed by atoms with Gasteiger partial charge in [0.15, 0.2) is 0 Å². The van der Waals surface area contributed by atoms with Crippen molar-refractivity contribution in [1.82, 2.24) is 9.29 Å². The lowest BCUT2D eigenvalue weighted by atomic mass is 10.0. The third-order valence-electron chi connectivity index (χ3n) is 2.73. The molecule has 1 aliphatic heterocycles. The number of carboxylic acids is 1. The number of nitrogens with one attached hydrogen (secondary N) is 1. The zero-order valence-electron chi connectivity index (χ0n) is 10.0. The van der Waals surface area contributed by atoms with E-state index in [4.69, 9.17) is 9.84 Å². The van der Waals surface area contributed by atoms with Crippen molar-refractivity contribution in [3.8, 4) is 0 Å². The van der Waals surface area contributed by atoms with Crippen molar-refractivity contribution in [2.45, 2.75) is 17.4 Å². The summed E-state index contributed by atoms with van der Waals surface area (Å²) in [5.74, 6) is -1.17. The van der Waals surface area contributed by atoms with Gasteiger partial charge < -0.3 is 14.4 Å². The Labute approximate surface area is 104 Å². The van der Waals surface area contributed by atoms with Crippen molar-refractivity contribution in [1.29, 1.82) is 0 Å². The van der Waals surface area contributed by atoms with Crippen molar-refractivity contribution < 1.29 is 23.1 Å². The number of aromatic nitrogens is 1. The van der Waals surface area contributed by atoms with Crippen molar-refractivity contribution in [3.63, 3.8) is 0 Å². The molecule has 0 unspecified atom stereocenters. The van der Waals surface area contributed by atoms with Crippen molar-refractivity contribution in [2.24, 2.45) is 7.05 Å². The summed E-state index contributed by atoms with van der Waals surface area (Å²) < 4.78 is 32.8. The average Bonchev–Trinajstić information content (AvgIpc) is 2.58. The van der Waals surface area contributed by atoms with Crippen LogP contribution >= 0.6 is 0 Å². The van der Waals surface area contributed by atoms with E-state index in [1.165, 1.54) is 17.8 Å². The molecule has 0 amide bonds. The van der Waals surface area contributed by atoms with E-state index in [-0.39, 0.29) is 10.6 Å². The Morgan fingerprint density at radius 1 is 1.56 bits per heavy atom. The molecule has 0 radical (unpaired) electrons. The summed E-state index contributed by atoms with van der Waals surface area (Å²) in [6.45, 7) is 2.35. The van der Waals surface area contributed by atoms with Gasteiger partial charge in [-0.25, -0.2) is 17.9 Å². The van der Waals surface area contributed by atoms with E-state index < -0.39 is 21.5 Å². The van der Waals surface area contributed by atoms with Gasteiger partial charge in [-0.3, -0.25) is 0 Å². The first-order chi connectivity index (χ1) is 8.23. The molecule has 100 valence electrons. The van der Waals surface area contributed by atoms with Gasteiger partial charge in [0.1, 0.15) is 10.6 Å². The maximum Gasteiger partial charge on any atom is 0.352 e. The van der Waals surface area contributed by atoms with Gasteiger partial charge in [-0.05, 0) is 13.0 Å². The van der Waals surface area contributed by atoms with Crippen molar-refractivity contribution >= 4 is 16.0 Å². The molecule has 0 saturated carbocycles. The highest BCUT2D eigenvalue weighted by Gasteiger charge is 2.38. The van der Waals surface area contributed by atoms with E-state index in [2.05, 4.69) is 4.72 Å². The third-order valence-corrected chi connectivity index (χ3v) is 4.34. The number of hydrogen-bond donors (Lipinski definition) is 2. The Morgan fingerprint density at radius 3 is 2.56 bits per heavy atom. The molecule has 1 fully saturated rings. The Kier molecular flexibility index (Phi) is 2.96. The number of ether oxygens (including phenoxy) is 1. The number of sulfonamides is 1. The second kappa shape index (κ2) is 4.08. The minimum atomic E-state index is -3.73. The summed E-state index contributed by atoms with van der Waals surface area (Å²) in [6.07, 6.45) is 1.27. The third kappa shape index (κ3) is 2.26. The molecule has 1 aromatic heterocycles. The van der Waals surface area contributed by atoms with Crippen LogP contribution in [0, 0.1) is 0 Å². The molecule has 2 N–H and O–H groups in total. The molecule has 0 atom stereocenters. The van der Waals surface area contributed by atoms with Crippen LogP contribution in [-0.4, -0.2) is 42.8 Å². The smallest absolute Gasteiger partial charge is 0.352 e. The highest BCUT2D eigenvalue weighted by Crippen LogP contribution is 2.21. The van der Waals surface area contributed by atoms with Crippen LogP contribution in [0.1, 0.15) is 17.4 Å². The predicted molar refractivity (Wildman–Crippen MR) is 61.9 cm³/mol. The monoisotopic (exact) mass is 274 g/mol. The van der Waals surface area contributed by atoms with Crippen molar-refractivity contribution in [3.05, 3.63) is 18.0 Å². The van der Waals surface area contributed by atoms with Gasteiger partial charge in [0, 0.05) is 13.2 Å². The molecule has 1 aromatic rings. The summed E-state index contributed by atoms with van der Waals surface area (Å²) in [5.41, 5.74) is -0.691. The first kappa shape index (κ1) is 13.1. The molecule has 0 aliphatic carbocycles. The molecule has 0 spiro atoms. The van der Waals surface area contributed by atoms with E-state index in [0.29, 0.717) is 13.2 Å². The molecule has 2 rings (SSSR count). The molecule has 8 heteroatoms. The van der Waals surface area contributed by atoms with Crippen LogP contribution in [0.25, 0.3) is 0 Å².